The van der Waals surface area contributed by atoms with Crippen LogP contribution in [0.15, 0.2) is 103 Å². The summed E-state index contributed by atoms with van der Waals surface area (Å²) >= 11 is 0. The van der Waals surface area contributed by atoms with Crippen LogP contribution in [0.4, 0.5) is 20.1 Å². The van der Waals surface area contributed by atoms with Gasteiger partial charge in [-0.25, -0.2) is 33.1 Å². The summed E-state index contributed by atoms with van der Waals surface area (Å²) in [5, 5.41) is 0. The highest BCUT2D eigenvalue weighted by atomic mass is 31.2. The monoisotopic (exact) mass is 750 g/mol. The molecule has 0 aromatic heterocycles. The normalized spacial score (nSPS) is 17.6. The Morgan fingerprint density at radius 2 is 1.30 bits per heavy atom. The molecular weight excluding hydrogens is 715 g/mol. The molecule has 0 N–H and O–H groups in total. The van der Waals surface area contributed by atoms with Gasteiger partial charge in [-0.15, -0.1) is 0 Å². The van der Waals surface area contributed by atoms with Gasteiger partial charge in [0.1, 0.15) is 32.4 Å². The molecule has 4 amide bonds. The fraction of sp³-hybridized carbons (Fsp3) is 0.256. The van der Waals surface area contributed by atoms with Crippen LogP contribution in [0.1, 0.15) is 28.2 Å². The summed E-state index contributed by atoms with van der Waals surface area (Å²) in [4.78, 5) is 70.2. The van der Waals surface area contributed by atoms with Crippen molar-refractivity contribution < 1.29 is 47.3 Å². The summed E-state index contributed by atoms with van der Waals surface area (Å²) in [7, 11) is -4.69. The maximum atomic E-state index is 14.8. The molecular formula is C39H35N4O10P. The Bertz CT molecular complexity index is 2120. The average Bonchev–Trinajstić information content (AvgIpc) is 3.92. The lowest BCUT2D eigenvalue weighted by molar-refractivity contribution is -0.135. The van der Waals surface area contributed by atoms with Crippen molar-refractivity contribution in [3.8, 4) is 11.1 Å². The van der Waals surface area contributed by atoms with Crippen LogP contribution < -0.4 is 4.90 Å². The zero-order chi connectivity index (χ0) is 37.4. The molecule has 0 saturated carbocycles. The van der Waals surface area contributed by atoms with Crippen molar-refractivity contribution in [2.45, 2.75) is 24.9 Å². The molecule has 4 aromatic rings. The molecule has 1 atom stereocenters. The molecule has 3 aliphatic heterocycles. The standard InChI is InChI=1S/C39H35N4O10P/c44-35(53-54(49,42-18-20-50-38(42)47)43-19-21-51-39(43)48)24-40(28-12-2-1-3-13-28)36(45)34-22-26-10-4-5-11-27(26)23-41(34)37(46)52-25-33-31-16-8-6-14-29(31)30-15-7-9-17-32(30)33/h1-17,33-34H,18-25H2/t34-/m1/s1. The minimum atomic E-state index is -4.69. The molecule has 8 rings (SSSR count). The van der Waals surface area contributed by atoms with Crippen LogP contribution in [0.2, 0.25) is 0 Å². The van der Waals surface area contributed by atoms with Crippen LogP contribution in [0.3, 0.4) is 0 Å². The van der Waals surface area contributed by atoms with Gasteiger partial charge in [-0.1, -0.05) is 91.0 Å². The van der Waals surface area contributed by atoms with Crippen LogP contribution in [0.25, 0.3) is 11.1 Å². The van der Waals surface area contributed by atoms with E-state index >= 15 is 0 Å². The lowest BCUT2D eigenvalue weighted by Crippen LogP contribution is -2.55. The highest BCUT2D eigenvalue weighted by Crippen LogP contribution is 2.57. The number of amides is 4. The predicted octanol–water partition coefficient (Wildman–Crippen LogP) is 5.95. The van der Waals surface area contributed by atoms with Gasteiger partial charge in [0, 0.05) is 18.0 Å². The van der Waals surface area contributed by atoms with Crippen LogP contribution in [0, 0.1) is 0 Å². The number of carbonyl (C=O) groups is 5. The number of hydrogen-bond donors (Lipinski definition) is 0. The summed E-state index contributed by atoms with van der Waals surface area (Å²) in [6, 6.07) is 30.6. The number of para-hydroxylation sites is 1. The first-order valence-electron chi connectivity index (χ1n) is 17.5. The molecule has 4 aliphatic rings. The van der Waals surface area contributed by atoms with Gasteiger partial charge in [-0.3, -0.25) is 14.6 Å². The number of nitrogens with zero attached hydrogens (tertiary/aromatic N) is 4. The quantitative estimate of drug-likeness (QED) is 0.148. The van der Waals surface area contributed by atoms with Crippen LogP contribution in [-0.4, -0.2) is 89.9 Å². The summed E-state index contributed by atoms with van der Waals surface area (Å²) in [5.74, 6) is -2.00. The highest BCUT2D eigenvalue weighted by molar-refractivity contribution is 7.56. The maximum Gasteiger partial charge on any atom is 0.461 e. The largest absolute Gasteiger partial charge is 0.461 e. The number of hydrogen-bond acceptors (Lipinski definition) is 10. The van der Waals surface area contributed by atoms with Gasteiger partial charge in [-0.05, 0) is 45.5 Å². The van der Waals surface area contributed by atoms with Gasteiger partial charge in [0.15, 0.2) is 0 Å². The lowest BCUT2D eigenvalue weighted by Gasteiger charge is -2.38. The van der Waals surface area contributed by atoms with Crippen molar-refractivity contribution in [1.29, 1.82) is 0 Å². The first-order valence-corrected chi connectivity index (χ1v) is 19.0. The Balaban J connectivity index is 1.07. The Kier molecular flexibility index (Phi) is 9.28. The van der Waals surface area contributed by atoms with E-state index in [1.54, 1.807) is 30.3 Å². The van der Waals surface area contributed by atoms with Gasteiger partial charge in [-0.2, -0.15) is 0 Å². The predicted molar refractivity (Wildman–Crippen MR) is 193 cm³/mol. The van der Waals surface area contributed by atoms with Crippen molar-refractivity contribution in [3.63, 3.8) is 0 Å². The third kappa shape index (κ3) is 6.32. The van der Waals surface area contributed by atoms with E-state index in [1.807, 2.05) is 72.8 Å². The summed E-state index contributed by atoms with van der Waals surface area (Å²) in [6.07, 6.45) is -2.64. The molecule has 276 valence electrons. The van der Waals surface area contributed by atoms with Crippen molar-refractivity contribution in [1.82, 2.24) is 14.2 Å². The van der Waals surface area contributed by atoms with Crippen molar-refractivity contribution in [3.05, 3.63) is 125 Å². The lowest BCUT2D eigenvalue weighted by atomic mass is 9.93. The molecule has 54 heavy (non-hydrogen) atoms. The molecule has 2 saturated heterocycles. The van der Waals surface area contributed by atoms with E-state index < -0.39 is 50.4 Å². The second kappa shape index (κ2) is 14.4. The molecule has 3 heterocycles. The van der Waals surface area contributed by atoms with Crippen molar-refractivity contribution >= 4 is 43.5 Å². The van der Waals surface area contributed by atoms with Gasteiger partial charge < -0.3 is 18.7 Å². The number of ether oxygens (including phenoxy) is 3. The molecule has 2 fully saturated rings. The van der Waals surface area contributed by atoms with E-state index in [1.165, 1.54) is 4.90 Å². The van der Waals surface area contributed by atoms with E-state index in [4.69, 9.17) is 18.7 Å². The number of benzene rings is 4. The minimum absolute atomic E-state index is 0.0355. The molecule has 0 bridgehead atoms. The maximum absolute atomic E-state index is 14.8. The molecule has 0 unspecified atom stereocenters. The Morgan fingerprint density at radius 1 is 0.741 bits per heavy atom. The van der Waals surface area contributed by atoms with E-state index in [0.717, 1.165) is 38.3 Å². The smallest absolute Gasteiger partial charge is 0.448 e. The molecule has 0 spiro atoms. The Hall–Kier alpha value is -6.14. The number of cyclic esters (lactones) is 2. The summed E-state index contributed by atoms with van der Waals surface area (Å²) in [6.45, 7) is -1.33. The SMILES string of the molecule is O=C(CN(C(=O)[C@H]1Cc2ccccc2CN1C(=O)OCC1c2ccccc2-c2ccccc21)c1ccccc1)OP(=O)(N1CCOC1=O)N1CCOC1=O. The number of rotatable bonds is 9. The number of anilines is 1. The second-order valence-corrected chi connectivity index (χ2v) is 15.2. The Morgan fingerprint density at radius 3 is 1.89 bits per heavy atom. The van der Waals surface area contributed by atoms with Gasteiger partial charge in [0.25, 0.3) is 5.91 Å². The number of carbonyl (C=O) groups excluding carboxylic acids is 5. The third-order valence-electron chi connectivity index (χ3n) is 10.0. The van der Waals surface area contributed by atoms with Crippen LogP contribution >= 0.6 is 7.67 Å². The number of fused-ring (bicyclic) bond motifs is 4. The third-order valence-corrected chi connectivity index (χ3v) is 12.4. The van der Waals surface area contributed by atoms with Gasteiger partial charge in [0.2, 0.25) is 0 Å². The second-order valence-electron chi connectivity index (χ2n) is 13.1. The molecule has 1 aliphatic carbocycles. The summed E-state index contributed by atoms with van der Waals surface area (Å²) in [5.41, 5.74) is 6.22. The Labute approximate surface area is 310 Å². The van der Waals surface area contributed by atoms with Gasteiger partial charge in [0.05, 0.1) is 19.6 Å². The highest BCUT2D eigenvalue weighted by Gasteiger charge is 2.53. The van der Waals surface area contributed by atoms with E-state index in [-0.39, 0.29) is 51.8 Å². The summed E-state index contributed by atoms with van der Waals surface area (Å²) < 4.78 is 37.1. The fourth-order valence-corrected chi connectivity index (χ4v) is 9.42. The van der Waals surface area contributed by atoms with Crippen molar-refractivity contribution in [2.24, 2.45) is 0 Å². The van der Waals surface area contributed by atoms with E-state index in [0.29, 0.717) is 15.0 Å². The van der Waals surface area contributed by atoms with Gasteiger partial charge >= 0.3 is 31.9 Å². The first-order chi connectivity index (χ1) is 26.2. The zero-order valence-corrected chi connectivity index (χ0v) is 29.8. The molecule has 14 nitrogen and oxygen atoms in total. The first kappa shape index (κ1) is 34.9. The molecule has 15 heteroatoms. The average molecular weight is 751 g/mol. The van der Waals surface area contributed by atoms with E-state index in [9.17, 15) is 28.5 Å². The molecule has 0 radical (unpaired) electrons. The zero-order valence-electron chi connectivity index (χ0n) is 28.9. The van der Waals surface area contributed by atoms with Crippen LogP contribution in [-0.2, 0) is 45.9 Å². The van der Waals surface area contributed by atoms with Crippen LogP contribution in [0.5, 0.6) is 0 Å². The van der Waals surface area contributed by atoms with Crippen molar-refractivity contribution in [2.75, 3.05) is 44.4 Å². The molecule has 4 aromatic carbocycles. The fourth-order valence-electron chi connectivity index (χ4n) is 7.45. The minimum Gasteiger partial charge on any atom is -0.448 e. The topological polar surface area (TPSA) is 152 Å². The van der Waals surface area contributed by atoms with E-state index in [2.05, 4.69) is 0 Å².